The smallest absolute Gasteiger partial charge is 0.251 e. The van der Waals surface area contributed by atoms with E-state index in [1.165, 1.54) is 5.56 Å². The molecular weight excluding hydrogens is 254 g/mol. The molecule has 4 nitrogen and oxygen atoms in total. The third kappa shape index (κ3) is 2.64. The molecule has 0 aliphatic heterocycles. The van der Waals surface area contributed by atoms with Crippen LogP contribution in [0, 0.1) is 0 Å². The minimum absolute atomic E-state index is 0.151. The molecule has 0 unspecified atom stereocenters. The molecule has 1 N–H and O–H groups in total. The predicted molar refractivity (Wildman–Crippen MR) is 73.4 cm³/mol. The van der Waals surface area contributed by atoms with Gasteiger partial charge in [0.1, 0.15) is 11.5 Å². The molecular formula is C16H15NO3. The molecule has 4 heteroatoms. The fourth-order valence-corrected chi connectivity index (χ4v) is 2.43. The summed E-state index contributed by atoms with van der Waals surface area (Å²) < 4.78 is 5.16. The summed E-state index contributed by atoms with van der Waals surface area (Å²) in [4.78, 5) is 23.5. The molecule has 20 heavy (non-hydrogen) atoms. The second-order valence-electron chi connectivity index (χ2n) is 4.96. The van der Waals surface area contributed by atoms with E-state index in [4.69, 9.17) is 4.42 Å². The van der Waals surface area contributed by atoms with E-state index < -0.39 is 0 Å². The number of hydrogen-bond acceptors (Lipinski definition) is 3. The number of carbonyl (C=O) groups is 2. The molecule has 0 fully saturated rings. The summed E-state index contributed by atoms with van der Waals surface area (Å²) in [6.07, 6.45) is 3.40. The zero-order valence-electron chi connectivity index (χ0n) is 11.0. The normalized spacial score (nSPS) is 13.9. The number of benzene rings is 1. The molecule has 1 amide bonds. The van der Waals surface area contributed by atoms with Gasteiger partial charge in [-0.1, -0.05) is 6.07 Å². The number of furan rings is 1. The average molecular weight is 269 g/mol. The highest BCUT2D eigenvalue weighted by atomic mass is 16.3. The van der Waals surface area contributed by atoms with Crippen LogP contribution in [0.2, 0.25) is 0 Å². The molecule has 102 valence electrons. The molecule has 3 rings (SSSR count). The molecule has 1 aromatic heterocycles. The minimum atomic E-state index is -0.151. The Bertz CT molecular complexity index is 644. The summed E-state index contributed by atoms with van der Waals surface area (Å²) in [6.45, 7) is 0.363. The number of carbonyl (C=O) groups excluding carboxylic acids is 2. The van der Waals surface area contributed by atoms with Crippen LogP contribution in [-0.4, -0.2) is 11.7 Å². The highest BCUT2D eigenvalue weighted by Crippen LogP contribution is 2.20. The molecule has 2 aromatic rings. The summed E-state index contributed by atoms with van der Waals surface area (Å²) in [7, 11) is 0. The molecule has 0 bridgehead atoms. The first-order valence-corrected chi connectivity index (χ1v) is 6.66. The Morgan fingerprint density at radius 1 is 1.20 bits per heavy atom. The van der Waals surface area contributed by atoms with Gasteiger partial charge in [-0.15, -0.1) is 0 Å². The van der Waals surface area contributed by atoms with E-state index in [1.54, 1.807) is 12.3 Å². The highest BCUT2D eigenvalue weighted by molar-refractivity contribution is 5.95. The fraction of sp³-hybridized carbons (Fsp3) is 0.250. The van der Waals surface area contributed by atoms with Crippen molar-refractivity contribution < 1.29 is 14.0 Å². The Hall–Kier alpha value is -2.36. The number of fused-ring (bicyclic) bond motifs is 1. The average Bonchev–Trinajstić information content (AvgIpc) is 2.97. The largest absolute Gasteiger partial charge is 0.467 e. The van der Waals surface area contributed by atoms with Crippen molar-refractivity contribution in [1.82, 2.24) is 5.32 Å². The highest BCUT2D eigenvalue weighted by Gasteiger charge is 2.17. The van der Waals surface area contributed by atoms with Gasteiger partial charge in [-0.3, -0.25) is 9.59 Å². The SMILES string of the molecule is O=C1CCc2ccc(C(=O)NCc3ccco3)cc2C1. The topological polar surface area (TPSA) is 59.3 Å². The number of ketones is 1. The van der Waals surface area contributed by atoms with Crippen molar-refractivity contribution in [2.24, 2.45) is 0 Å². The van der Waals surface area contributed by atoms with Crippen molar-refractivity contribution >= 4 is 11.7 Å². The Morgan fingerprint density at radius 2 is 2.10 bits per heavy atom. The van der Waals surface area contributed by atoms with Crippen LogP contribution < -0.4 is 5.32 Å². The van der Waals surface area contributed by atoms with Gasteiger partial charge in [-0.2, -0.15) is 0 Å². The molecule has 1 aliphatic carbocycles. The maximum atomic E-state index is 12.1. The number of nitrogens with one attached hydrogen (secondary N) is 1. The van der Waals surface area contributed by atoms with Crippen LogP contribution in [0.3, 0.4) is 0 Å². The monoisotopic (exact) mass is 269 g/mol. The Labute approximate surface area is 116 Å². The summed E-state index contributed by atoms with van der Waals surface area (Å²) in [5, 5.41) is 2.80. The van der Waals surface area contributed by atoms with Gasteiger partial charge in [-0.25, -0.2) is 0 Å². The minimum Gasteiger partial charge on any atom is -0.467 e. The number of hydrogen-bond donors (Lipinski definition) is 1. The number of amides is 1. The van der Waals surface area contributed by atoms with Crippen molar-refractivity contribution in [3.05, 3.63) is 59.0 Å². The second-order valence-corrected chi connectivity index (χ2v) is 4.96. The number of aryl methyl sites for hydroxylation is 1. The van der Waals surface area contributed by atoms with Gasteiger partial charge in [0.15, 0.2) is 0 Å². The van der Waals surface area contributed by atoms with Crippen molar-refractivity contribution in [2.75, 3.05) is 0 Å². The standard InChI is InChI=1S/C16H15NO3/c18-14-6-5-11-3-4-12(8-13(11)9-14)16(19)17-10-15-2-1-7-20-15/h1-4,7-8H,5-6,9-10H2,(H,17,19). The van der Waals surface area contributed by atoms with Crippen molar-refractivity contribution in [2.45, 2.75) is 25.8 Å². The molecule has 0 spiro atoms. The van der Waals surface area contributed by atoms with E-state index in [0.717, 1.165) is 12.0 Å². The summed E-state index contributed by atoms with van der Waals surface area (Å²) >= 11 is 0. The van der Waals surface area contributed by atoms with Crippen molar-refractivity contribution in [1.29, 1.82) is 0 Å². The first-order valence-electron chi connectivity index (χ1n) is 6.66. The van der Waals surface area contributed by atoms with E-state index in [0.29, 0.717) is 30.7 Å². The number of Topliss-reactive ketones (excluding diaryl/α,β-unsaturated/α-hetero) is 1. The lowest BCUT2D eigenvalue weighted by molar-refractivity contribution is -0.118. The summed E-state index contributed by atoms with van der Waals surface area (Å²) in [5.74, 6) is 0.805. The van der Waals surface area contributed by atoms with Crippen LogP contribution in [0.1, 0.15) is 33.7 Å². The van der Waals surface area contributed by atoms with Gasteiger partial charge in [0.05, 0.1) is 12.8 Å². The van der Waals surface area contributed by atoms with Gasteiger partial charge in [0, 0.05) is 18.4 Å². The van der Waals surface area contributed by atoms with Gasteiger partial charge in [0.2, 0.25) is 0 Å². The first kappa shape index (κ1) is 12.7. The third-order valence-corrected chi connectivity index (χ3v) is 3.53. The fourth-order valence-electron chi connectivity index (χ4n) is 2.43. The summed E-state index contributed by atoms with van der Waals surface area (Å²) in [6, 6.07) is 9.18. The first-order chi connectivity index (χ1) is 9.72. The molecule has 0 saturated carbocycles. The van der Waals surface area contributed by atoms with Gasteiger partial charge in [0.25, 0.3) is 5.91 Å². The van der Waals surface area contributed by atoms with Crippen LogP contribution in [0.15, 0.2) is 41.0 Å². The Kier molecular flexibility index (Phi) is 3.37. The molecule has 1 heterocycles. The Balaban J connectivity index is 1.72. The maximum absolute atomic E-state index is 12.1. The molecule has 0 atom stereocenters. The number of rotatable bonds is 3. The van der Waals surface area contributed by atoms with Gasteiger partial charge < -0.3 is 9.73 Å². The van der Waals surface area contributed by atoms with Crippen LogP contribution in [-0.2, 0) is 24.2 Å². The molecule has 0 radical (unpaired) electrons. The lowest BCUT2D eigenvalue weighted by Gasteiger charge is -2.15. The maximum Gasteiger partial charge on any atom is 0.251 e. The van der Waals surface area contributed by atoms with Gasteiger partial charge >= 0.3 is 0 Å². The molecule has 0 saturated heterocycles. The quantitative estimate of drug-likeness (QED) is 0.929. The van der Waals surface area contributed by atoms with E-state index in [9.17, 15) is 9.59 Å². The van der Waals surface area contributed by atoms with E-state index >= 15 is 0 Å². The third-order valence-electron chi connectivity index (χ3n) is 3.53. The predicted octanol–water partition coefficient (Wildman–Crippen LogP) is 2.27. The van der Waals surface area contributed by atoms with Crippen molar-refractivity contribution in [3.63, 3.8) is 0 Å². The summed E-state index contributed by atoms with van der Waals surface area (Å²) in [5.41, 5.74) is 2.74. The van der Waals surface area contributed by atoms with Crippen molar-refractivity contribution in [3.8, 4) is 0 Å². The van der Waals surface area contributed by atoms with Crippen LogP contribution in [0.25, 0.3) is 0 Å². The van der Waals surface area contributed by atoms with E-state index in [2.05, 4.69) is 5.32 Å². The molecule has 1 aromatic carbocycles. The second kappa shape index (κ2) is 5.33. The zero-order chi connectivity index (χ0) is 13.9. The lowest BCUT2D eigenvalue weighted by atomic mass is 9.89. The van der Waals surface area contributed by atoms with Crippen LogP contribution >= 0.6 is 0 Å². The van der Waals surface area contributed by atoms with E-state index in [1.807, 2.05) is 24.3 Å². The van der Waals surface area contributed by atoms with Gasteiger partial charge in [-0.05, 0) is 41.8 Å². The van der Waals surface area contributed by atoms with E-state index in [-0.39, 0.29) is 11.7 Å². The molecule has 1 aliphatic rings. The van der Waals surface area contributed by atoms with Crippen LogP contribution in [0.4, 0.5) is 0 Å². The zero-order valence-corrected chi connectivity index (χ0v) is 11.0. The van der Waals surface area contributed by atoms with Crippen LogP contribution in [0.5, 0.6) is 0 Å². The Morgan fingerprint density at radius 3 is 2.90 bits per heavy atom. The lowest BCUT2D eigenvalue weighted by Crippen LogP contribution is -2.23.